The molecule has 0 radical (unpaired) electrons. The van der Waals surface area contributed by atoms with Crippen LogP contribution in [0.5, 0.6) is 0 Å². The van der Waals surface area contributed by atoms with E-state index in [0.29, 0.717) is 6.61 Å². The summed E-state index contributed by atoms with van der Waals surface area (Å²) >= 11 is 3.39. The number of benzene rings is 2. The maximum atomic E-state index is 13.3. The lowest BCUT2D eigenvalue weighted by molar-refractivity contribution is 0.117. The number of ether oxygens (including phenoxy) is 1. The number of sulfone groups is 1. The quantitative estimate of drug-likeness (QED) is 0.682. The maximum Gasteiger partial charge on any atom is 0.183 e. The molecule has 1 saturated carbocycles. The molecule has 0 N–H and O–H groups in total. The average molecular weight is 434 g/mol. The van der Waals surface area contributed by atoms with E-state index in [-0.39, 0.29) is 11.5 Å². The number of hydrogen-bond donors (Lipinski definition) is 0. The van der Waals surface area contributed by atoms with Crippen LogP contribution in [0.15, 0.2) is 57.9 Å². The van der Waals surface area contributed by atoms with Gasteiger partial charge in [-0.05, 0) is 43.7 Å². The van der Waals surface area contributed by atoms with Crippen molar-refractivity contribution in [2.75, 3.05) is 13.2 Å². The molecule has 6 heteroatoms. The molecular weight excluding hydrogens is 414 g/mol. The first kappa shape index (κ1) is 19.1. The molecule has 26 heavy (non-hydrogen) atoms. The summed E-state index contributed by atoms with van der Waals surface area (Å²) in [5, 5.41) is 9.08. The highest BCUT2D eigenvalue weighted by molar-refractivity contribution is 9.10. The third kappa shape index (κ3) is 3.20. The Morgan fingerprint density at radius 2 is 1.77 bits per heavy atom. The minimum atomic E-state index is -3.65. The number of hydrogen-bond acceptors (Lipinski definition) is 4. The zero-order valence-electron chi connectivity index (χ0n) is 14.6. The lowest BCUT2D eigenvalue weighted by atomic mass is 10.0. The molecule has 2 aromatic rings. The van der Waals surface area contributed by atoms with Gasteiger partial charge in [-0.15, -0.1) is 0 Å². The summed E-state index contributed by atoms with van der Waals surface area (Å²) < 4.78 is 33.0. The molecule has 0 bridgehead atoms. The first-order valence-corrected chi connectivity index (χ1v) is 10.8. The summed E-state index contributed by atoms with van der Waals surface area (Å²) in [6.45, 7) is 4.29. The van der Waals surface area contributed by atoms with Crippen LogP contribution in [0, 0.1) is 23.7 Å². The molecule has 1 fully saturated rings. The van der Waals surface area contributed by atoms with E-state index in [1.807, 2.05) is 38.1 Å². The molecule has 1 aliphatic carbocycles. The van der Waals surface area contributed by atoms with Crippen molar-refractivity contribution < 1.29 is 13.2 Å². The molecule has 4 nitrogen and oxygen atoms in total. The van der Waals surface area contributed by atoms with E-state index < -0.39 is 26.4 Å². The summed E-state index contributed by atoms with van der Waals surface area (Å²) in [4.78, 5) is 0.254. The lowest BCUT2D eigenvalue weighted by Crippen LogP contribution is -2.19. The Balaban J connectivity index is 2.05. The van der Waals surface area contributed by atoms with E-state index in [4.69, 9.17) is 4.74 Å². The van der Waals surface area contributed by atoms with E-state index in [1.165, 1.54) is 0 Å². The Morgan fingerprint density at radius 3 is 2.31 bits per heavy atom. The standard InChI is InChI=1S/C20H20BrNO3S/c1-3-25-13-20(12-22)18(15-6-8-16(21)9-7-15)19(20)26(23,24)17-10-4-14(2)5-11-17/h4-11,18-19H,3,13H2,1-2H3/t18-,19+,20-/m1/s1. The molecule has 0 unspecified atom stereocenters. The van der Waals surface area contributed by atoms with E-state index in [9.17, 15) is 13.7 Å². The molecule has 2 aromatic carbocycles. The van der Waals surface area contributed by atoms with Gasteiger partial charge in [-0.3, -0.25) is 0 Å². The predicted molar refractivity (Wildman–Crippen MR) is 104 cm³/mol. The first-order valence-electron chi connectivity index (χ1n) is 8.42. The number of rotatable bonds is 6. The van der Waals surface area contributed by atoms with Crippen LogP contribution in [0.3, 0.4) is 0 Å². The number of aryl methyl sites for hydroxylation is 1. The minimum absolute atomic E-state index is 0.108. The number of halogens is 1. The molecule has 0 aromatic heterocycles. The summed E-state index contributed by atoms with van der Waals surface area (Å²) in [5.74, 6) is -0.404. The van der Waals surface area contributed by atoms with E-state index in [0.717, 1.165) is 15.6 Å². The third-order valence-electron chi connectivity index (χ3n) is 4.92. The van der Waals surface area contributed by atoms with Crippen molar-refractivity contribution in [3.63, 3.8) is 0 Å². The Labute approximate surface area is 162 Å². The molecule has 136 valence electrons. The van der Waals surface area contributed by atoms with Crippen LogP contribution in [0.25, 0.3) is 0 Å². The van der Waals surface area contributed by atoms with E-state index in [1.54, 1.807) is 24.3 Å². The van der Waals surface area contributed by atoms with Crippen molar-refractivity contribution in [3.05, 3.63) is 64.1 Å². The van der Waals surface area contributed by atoms with Gasteiger partial charge in [-0.2, -0.15) is 5.26 Å². The van der Waals surface area contributed by atoms with Gasteiger partial charge in [0, 0.05) is 17.0 Å². The minimum Gasteiger partial charge on any atom is -0.380 e. The van der Waals surface area contributed by atoms with Crippen LogP contribution in [0.2, 0.25) is 0 Å². The van der Waals surface area contributed by atoms with Crippen LogP contribution in [-0.2, 0) is 14.6 Å². The second kappa shape index (κ2) is 7.15. The lowest BCUT2D eigenvalue weighted by Gasteiger charge is -2.10. The molecule has 0 aliphatic heterocycles. The topological polar surface area (TPSA) is 67.2 Å². The third-order valence-corrected chi connectivity index (χ3v) is 7.74. The fourth-order valence-corrected chi connectivity index (χ4v) is 6.06. The predicted octanol–water partition coefficient (Wildman–Crippen LogP) is 4.24. The van der Waals surface area contributed by atoms with Gasteiger partial charge in [0.1, 0.15) is 5.41 Å². The van der Waals surface area contributed by atoms with Crippen molar-refractivity contribution in [1.82, 2.24) is 0 Å². The normalized spacial score (nSPS) is 24.8. The summed E-state index contributed by atoms with van der Waals surface area (Å²) in [6.07, 6.45) is 0. The fourth-order valence-electron chi connectivity index (χ4n) is 3.49. The van der Waals surface area contributed by atoms with Crippen molar-refractivity contribution in [1.29, 1.82) is 5.26 Å². The second-order valence-electron chi connectivity index (χ2n) is 6.60. The first-order chi connectivity index (χ1) is 12.4. The van der Waals surface area contributed by atoms with Gasteiger partial charge >= 0.3 is 0 Å². The van der Waals surface area contributed by atoms with Crippen LogP contribution >= 0.6 is 15.9 Å². The molecular formula is C20H20BrNO3S. The highest BCUT2D eigenvalue weighted by Gasteiger charge is 2.72. The molecule has 0 amide bonds. The Bertz CT molecular complexity index is 933. The number of nitriles is 1. The smallest absolute Gasteiger partial charge is 0.183 e. The van der Waals surface area contributed by atoms with Gasteiger partial charge in [0.2, 0.25) is 0 Å². The van der Waals surface area contributed by atoms with Gasteiger partial charge < -0.3 is 4.74 Å². The molecule has 3 rings (SSSR count). The van der Waals surface area contributed by atoms with E-state index in [2.05, 4.69) is 22.0 Å². The summed E-state index contributed by atoms with van der Waals surface area (Å²) in [7, 11) is -3.65. The van der Waals surface area contributed by atoms with Gasteiger partial charge in [-0.25, -0.2) is 8.42 Å². The second-order valence-corrected chi connectivity index (χ2v) is 9.58. The number of nitrogens with zero attached hydrogens (tertiary/aromatic N) is 1. The van der Waals surface area contributed by atoms with Crippen molar-refractivity contribution in [2.24, 2.45) is 5.41 Å². The average Bonchev–Trinajstić information content (AvgIpc) is 3.31. The molecule has 1 aliphatic rings. The summed E-state index contributed by atoms with van der Waals surface area (Å²) in [6, 6.07) is 16.5. The van der Waals surface area contributed by atoms with Gasteiger partial charge in [0.25, 0.3) is 0 Å². The van der Waals surface area contributed by atoms with Crippen molar-refractivity contribution in [3.8, 4) is 6.07 Å². The molecule has 0 saturated heterocycles. The van der Waals surface area contributed by atoms with Crippen LogP contribution in [0.4, 0.5) is 0 Å². The summed E-state index contributed by atoms with van der Waals surface area (Å²) in [5.41, 5.74) is 0.772. The van der Waals surface area contributed by atoms with E-state index >= 15 is 0 Å². The monoisotopic (exact) mass is 433 g/mol. The Hall–Kier alpha value is -1.68. The van der Waals surface area contributed by atoms with Gasteiger partial charge in [-0.1, -0.05) is 45.8 Å². The Kier molecular flexibility index (Phi) is 5.25. The van der Waals surface area contributed by atoms with Crippen molar-refractivity contribution >= 4 is 25.8 Å². The maximum absolute atomic E-state index is 13.3. The Morgan fingerprint density at radius 1 is 1.15 bits per heavy atom. The SMILES string of the molecule is CCOC[C@]1(C#N)[C@H](c2ccc(Br)cc2)[C@@H]1S(=O)(=O)c1ccc(C)cc1. The molecule has 0 spiro atoms. The highest BCUT2D eigenvalue weighted by atomic mass is 79.9. The molecule has 3 atom stereocenters. The van der Waals surface area contributed by atoms with Crippen molar-refractivity contribution in [2.45, 2.75) is 29.9 Å². The zero-order valence-corrected chi connectivity index (χ0v) is 17.0. The highest BCUT2D eigenvalue weighted by Crippen LogP contribution is 2.64. The van der Waals surface area contributed by atoms with Gasteiger partial charge in [0.05, 0.1) is 22.8 Å². The largest absolute Gasteiger partial charge is 0.380 e. The van der Waals surface area contributed by atoms with Crippen LogP contribution < -0.4 is 0 Å². The van der Waals surface area contributed by atoms with Crippen LogP contribution in [-0.4, -0.2) is 26.9 Å². The fraction of sp³-hybridized carbons (Fsp3) is 0.350. The molecule has 0 heterocycles. The zero-order chi connectivity index (χ0) is 18.9. The van der Waals surface area contributed by atoms with Crippen LogP contribution in [0.1, 0.15) is 24.0 Å². The van der Waals surface area contributed by atoms with Gasteiger partial charge in [0.15, 0.2) is 9.84 Å².